The summed E-state index contributed by atoms with van der Waals surface area (Å²) in [5.41, 5.74) is 3.23. The van der Waals surface area contributed by atoms with E-state index in [9.17, 15) is 0 Å². The number of nitrogens with one attached hydrogen (secondary N) is 1. The Morgan fingerprint density at radius 3 is 2.61 bits per heavy atom. The molecule has 0 fully saturated rings. The first-order chi connectivity index (χ1) is 16.2. The monoisotopic (exact) mass is 441 g/mol. The van der Waals surface area contributed by atoms with Gasteiger partial charge in [-0.05, 0) is 41.0 Å². The van der Waals surface area contributed by atoms with E-state index < -0.39 is 0 Å². The van der Waals surface area contributed by atoms with Crippen LogP contribution >= 0.6 is 0 Å². The van der Waals surface area contributed by atoms with Gasteiger partial charge in [-0.25, -0.2) is 4.98 Å². The third-order valence-electron chi connectivity index (χ3n) is 6.30. The minimum Gasteiger partial charge on any atom is -0.493 e. The summed E-state index contributed by atoms with van der Waals surface area (Å²) < 4.78 is 19.3. The molecular weight excluding hydrogens is 414 g/mol. The van der Waals surface area contributed by atoms with Crippen molar-refractivity contribution in [2.75, 3.05) is 14.2 Å². The Kier molecular flexibility index (Phi) is 5.50. The van der Waals surface area contributed by atoms with Gasteiger partial charge in [0.1, 0.15) is 17.6 Å². The third-order valence-corrected chi connectivity index (χ3v) is 6.30. The zero-order chi connectivity index (χ0) is 22.9. The molecule has 168 valence electrons. The molecule has 1 aromatic heterocycles. The van der Waals surface area contributed by atoms with Crippen LogP contribution in [0.15, 0.2) is 60.9 Å². The molecule has 0 unspecified atom stereocenters. The molecule has 1 aliphatic rings. The number of ether oxygens (including phenoxy) is 3. The molecule has 6 nitrogen and oxygen atoms in total. The number of hydrogen-bond acceptors (Lipinski definition) is 5. The van der Waals surface area contributed by atoms with Crippen molar-refractivity contribution in [1.82, 2.24) is 9.55 Å². The second kappa shape index (κ2) is 8.62. The standard InChI is InChI=1S/C27H27N3O3/c1-4-5-14-30-16-29-27-25(26(30)28)23(18-11-12-20(31-2)22(15-18)32-3)24-19-9-7-6-8-17(19)10-13-21(24)33-27/h6-13,15-16,23,28H,4-5,14H2,1-3H3/t23-/m0/s1. The summed E-state index contributed by atoms with van der Waals surface area (Å²) in [6.45, 7) is 2.89. The van der Waals surface area contributed by atoms with Gasteiger partial charge in [0.15, 0.2) is 11.5 Å². The smallest absolute Gasteiger partial charge is 0.228 e. The molecule has 1 aliphatic heterocycles. The van der Waals surface area contributed by atoms with Crippen molar-refractivity contribution in [1.29, 1.82) is 5.41 Å². The topological polar surface area (TPSA) is 69.4 Å². The highest BCUT2D eigenvalue weighted by atomic mass is 16.5. The van der Waals surface area contributed by atoms with Crippen molar-refractivity contribution >= 4 is 10.8 Å². The molecule has 4 aromatic rings. The van der Waals surface area contributed by atoms with Gasteiger partial charge in [-0.15, -0.1) is 0 Å². The van der Waals surface area contributed by atoms with E-state index in [4.69, 9.17) is 19.6 Å². The van der Waals surface area contributed by atoms with Crippen LogP contribution in [0.2, 0.25) is 0 Å². The van der Waals surface area contributed by atoms with E-state index in [1.165, 1.54) is 0 Å². The van der Waals surface area contributed by atoms with E-state index in [2.05, 4.69) is 30.1 Å². The van der Waals surface area contributed by atoms with Crippen LogP contribution in [0.25, 0.3) is 10.8 Å². The highest BCUT2D eigenvalue weighted by Crippen LogP contribution is 2.49. The largest absolute Gasteiger partial charge is 0.493 e. The highest BCUT2D eigenvalue weighted by Gasteiger charge is 2.34. The van der Waals surface area contributed by atoms with Crippen LogP contribution in [0.4, 0.5) is 0 Å². The maximum Gasteiger partial charge on any atom is 0.228 e. The molecule has 0 amide bonds. The number of hydrogen-bond donors (Lipinski definition) is 1. The molecule has 0 saturated carbocycles. The number of fused-ring (bicyclic) bond motifs is 4. The zero-order valence-electron chi connectivity index (χ0n) is 19.1. The molecule has 5 rings (SSSR count). The molecule has 33 heavy (non-hydrogen) atoms. The van der Waals surface area contributed by atoms with Crippen molar-refractivity contribution in [3.63, 3.8) is 0 Å². The predicted molar refractivity (Wildman–Crippen MR) is 128 cm³/mol. The summed E-state index contributed by atoms with van der Waals surface area (Å²) in [5.74, 6) is 2.33. The summed E-state index contributed by atoms with van der Waals surface area (Å²) in [6, 6.07) is 18.3. The van der Waals surface area contributed by atoms with E-state index >= 15 is 0 Å². The minimum atomic E-state index is -0.233. The number of nitrogens with zero attached hydrogens (tertiary/aromatic N) is 2. The molecule has 3 aromatic carbocycles. The summed E-state index contributed by atoms with van der Waals surface area (Å²) in [7, 11) is 3.27. The van der Waals surface area contributed by atoms with Crippen LogP contribution < -0.4 is 19.7 Å². The summed E-state index contributed by atoms with van der Waals surface area (Å²) in [6.07, 6.45) is 3.75. The average molecular weight is 442 g/mol. The number of unbranched alkanes of at least 4 members (excludes halogenated alkanes) is 1. The first kappa shape index (κ1) is 21.1. The van der Waals surface area contributed by atoms with Gasteiger partial charge in [0.05, 0.1) is 19.8 Å². The van der Waals surface area contributed by atoms with Crippen LogP contribution in [0, 0.1) is 5.41 Å². The maximum atomic E-state index is 9.10. The first-order valence-electron chi connectivity index (χ1n) is 11.2. The Morgan fingerprint density at radius 1 is 1.00 bits per heavy atom. The third kappa shape index (κ3) is 3.52. The van der Waals surface area contributed by atoms with Gasteiger partial charge >= 0.3 is 0 Å². The molecule has 0 spiro atoms. The number of rotatable bonds is 6. The van der Waals surface area contributed by atoms with E-state index in [1.54, 1.807) is 20.5 Å². The summed E-state index contributed by atoms with van der Waals surface area (Å²) >= 11 is 0. The van der Waals surface area contributed by atoms with Crippen LogP contribution in [0.3, 0.4) is 0 Å². The van der Waals surface area contributed by atoms with E-state index in [0.29, 0.717) is 22.9 Å². The minimum absolute atomic E-state index is 0.233. The van der Waals surface area contributed by atoms with E-state index in [0.717, 1.165) is 52.6 Å². The molecule has 0 saturated heterocycles. The summed E-state index contributed by atoms with van der Waals surface area (Å²) in [5, 5.41) is 11.3. The van der Waals surface area contributed by atoms with Gasteiger partial charge in [0.25, 0.3) is 0 Å². The fourth-order valence-electron chi connectivity index (χ4n) is 4.62. The fourth-order valence-corrected chi connectivity index (χ4v) is 4.62. The number of aryl methyl sites for hydroxylation is 1. The molecular formula is C27H27N3O3. The van der Waals surface area contributed by atoms with Gasteiger partial charge in [-0.1, -0.05) is 49.7 Å². The second-order valence-corrected chi connectivity index (χ2v) is 8.21. The van der Waals surface area contributed by atoms with Crippen LogP contribution in [-0.4, -0.2) is 23.8 Å². The van der Waals surface area contributed by atoms with Crippen molar-refractivity contribution in [3.05, 3.63) is 83.1 Å². The lowest BCUT2D eigenvalue weighted by Crippen LogP contribution is -2.30. The second-order valence-electron chi connectivity index (χ2n) is 8.21. The number of benzene rings is 3. The molecule has 0 aliphatic carbocycles. The Labute approximate surface area is 192 Å². The van der Waals surface area contributed by atoms with Crippen LogP contribution in [-0.2, 0) is 6.54 Å². The lowest BCUT2D eigenvalue weighted by atomic mass is 9.81. The molecule has 6 heteroatoms. The van der Waals surface area contributed by atoms with Crippen molar-refractivity contribution in [2.24, 2.45) is 0 Å². The predicted octanol–water partition coefficient (Wildman–Crippen LogP) is 5.62. The molecule has 0 bridgehead atoms. The fraction of sp³-hybridized carbons (Fsp3) is 0.259. The normalized spacial score (nSPS) is 14.3. The zero-order valence-corrected chi connectivity index (χ0v) is 19.1. The van der Waals surface area contributed by atoms with Gasteiger partial charge in [-0.2, -0.15) is 0 Å². The maximum absolute atomic E-state index is 9.10. The Morgan fingerprint density at radius 2 is 1.82 bits per heavy atom. The molecule has 1 atom stereocenters. The van der Waals surface area contributed by atoms with Crippen molar-refractivity contribution in [2.45, 2.75) is 32.2 Å². The highest BCUT2D eigenvalue weighted by molar-refractivity contribution is 5.90. The molecule has 0 radical (unpaired) electrons. The van der Waals surface area contributed by atoms with Crippen molar-refractivity contribution in [3.8, 4) is 23.1 Å². The SMILES string of the molecule is CCCCn1cnc2c(c1=N)[C@@H](c1ccc(OC)c(OC)c1)c1c(ccc3ccccc13)O2. The lowest BCUT2D eigenvalue weighted by molar-refractivity contribution is 0.354. The van der Waals surface area contributed by atoms with Gasteiger partial charge in [0.2, 0.25) is 5.88 Å². The first-order valence-corrected chi connectivity index (χ1v) is 11.2. The molecule has 1 N–H and O–H groups in total. The Balaban J connectivity index is 1.81. The molecule has 2 heterocycles. The van der Waals surface area contributed by atoms with E-state index in [-0.39, 0.29) is 5.92 Å². The Hall–Kier alpha value is -3.80. The quantitative estimate of drug-likeness (QED) is 0.371. The van der Waals surface area contributed by atoms with Gasteiger partial charge in [0, 0.05) is 18.0 Å². The van der Waals surface area contributed by atoms with Gasteiger partial charge < -0.3 is 18.8 Å². The number of aromatic nitrogens is 2. The Bertz CT molecular complexity index is 1390. The van der Waals surface area contributed by atoms with Gasteiger partial charge in [-0.3, -0.25) is 5.41 Å². The summed E-state index contributed by atoms with van der Waals surface area (Å²) in [4.78, 5) is 4.63. The average Bonchev–Trinajstić information content (AvgIpc) is 2.86. The van der Waals surface area contributed by atoms with Crippen LogP contribution in [0.1, 0.15) is 42.4 Å². The van der Waals surface area contributed by atoms with Crippen molar-refractivity contribution < 1.29 is 14.2 Å². The van der Waals surface area contributed by atoms with E-state index in [1.807, 2.05) is 41.0 Å². The van der Waals surface area contributed by atoms with Crippen LogP contribution in [0.5, 0.6) is 23.1 Å². The number of methoxy groups -OCH3 is 2. The lowest BCUT2D eigenvalue weighted by Gasteiger charge is -2.30.